The van der Waals surface area contributed by atoms with E-state index >= 15 is 0 Å². The number of nitrogens with one attached hydrogen (secondary N) is 1. The molecular formula is C10H18N2O4. The van der Waals surface area contributed by atoms with Gasteiger partial charge in [-0.2, -0.15) is 0 Å². The SMILES string of the molecule is CC1(C(=O)NCCCC(=O)O)COCC1N. The van der Waals surface area contributed by atoms with Crippen molar-refractivity contribution in [3.63, 3.8) is 0 Å². The number of carbonyl (C=O) groups excluding carboxylic acids is 1. The molecule has 0 aromatic rings. The number of rotatable bonds is 5. The van der Waals surface area contributed by atoms with Crippen molar-refractivity contribution in [3.05, 3.63) is 0 Å². The summed E-state index contributed by atoms with van der Waals surface area (Å²) in [5.41, 5.74) is 5.10. The van der Waals surface area contributed by atoms with E-state index < -0.39 is 11.4 Å². The van der Waals surface area contributed by atoms with Crippen molar-refractivity contribution in [2.45, 2.75) is 25.8 Å². The van der Waals surface area contributed by atoms with Gasteiger partial charge in [-0.1, -0.05) is 0 Å². The fourth-order valence-corrected chi connectivity index (χ4v) is 1.57. The van der Waals surface area contributed by atoms with Crippen molar-refractivity contribution in [2.75, 3.05) is 19.8 Å². The first-order valence-corrected chi connectivity index (χ1v) is 5.30. The number of carboxylic acid groups (broad SMARTS) is 1. The molecular weight excluding hydrogens is 212 g/mol. The number of ether oxygens (including phenoxy) is 1. The molecule has 0 aromatic carbocycles. The molecule has 4 N–H and O–H groups in total. The van der Waals surface area contributed by atoms with E-state index in [1.165, 1.54) is 0 Å². The summed E-state index contributed by atoms with van der Waals surface area (Å²) in [6, 6.07) is -0.299. The Balaban J connectivity index is 2.32. The minimum atomic E-state index is -0.860. The number of carboxylic acids is 1. The quantitative estimate of drug-likeness (QED) is 0.544. The largest absolute Gasteiger partial charge is 0.481 e. The van der Waals surface area contributed by atoms with E-state index in [1.54, 1.807) is 6.92 Å². The smallest absolute Gasteiger partial charge is 0.303 e. The monoisotopic (exact) mass is 230 g/mol. The van der Waals surface area contributed by atoms with Gasteiger partial charge in [-0.15, -0.1) is 0 Å². The van der Waals surface area contributed by atoms with Crippen molar-refractivity contribution in [1.29, 1.82) is 0 Å². The lowest BCUT2D eigenvalue weighted by molar-refractivity contribution is -0.137. The van der Waals surface area contributed by atoms with Gasteiger partial charge in [-0.3, -0.25) is 9.59 Å². The third-order valence-corrected chi connectivity index (χ3v) is 2.89. The zero-order chi connectivity index (χ0) is 12.2. The van der Waals surface area contributed by atoms with Crippen LogP contribution in [0.1, 0.15) is 19.8 Å². The Morgan fingerprint density at radius 3 is 2.81 bits per heavy atom. The van der Waals surface area contributed by atoms with Crippen molar-refractivity contribution >= 4 is 11.9 Å². The van der Waals surface area contributed by atoms with Gasteiger partial charge >= 0.3 is 5.97 Å². The number of nitrogens with two attached hydrogens (primary N) is 1. The maximum Gasteiger partial charge on any atom is 0.303 e. The molecule has 16 heavy (non-hydrogen) atoms. The number of amides is 1. The molecule has 6 heteroatoms. The number of aliphatic carboxylic acids is 1. The third kappa shape index (κ3) is 2.93. The van der Waals surface area contributed by atoms with E-state index in [4.69, 9.17) is 15.6 Å². The van der Waals surface area contributed by atoms with Crippen LogP contribution >= 0.6 is 0 Å². The van der Waals surface area contributed by atoms with Crippen molar-refractivity contribution in [3.8, 4) is 0 Å². The first kappa shape index (κ1) is 12.9. The molecule has 1 amide bonds. The maximum absolute atomic E-state index is 11.8. The van der Waals surface area contributed by atoms with Gasteiger partial charge in [0.05, 0.1) is 18.6 Å². The zero-order valence-electron chi connectivity index (χ0n) is 9.36. The second-order valence-electron chi connectivity index (χ2n) is 4.29. The highest BCUT2D eigenvalue weighted by molar-refractivity contribution is 5.83. The van der Waals surface area contributed by atoms with Gasteiger partial charge < -0.3 is 20.9 Å². The Labute approximate surface area is 94.1 Å². The zero-order valence-corrected chi connectivity index (χ0v) is 9.36. The Morgan fingerprint density at radius 2 is 2.31 bits per heavy atom. The Kier molecular flexibility index (Phi) is 4.26. The molecule has 2 atom stereocenters. The highest BCUT2D eigenvalue weighted by Crippen LogP contribution is 2.26. The van der Waals surface area contributed by atoms with Crippen LogP contribution in [0.25, 0.3) is 0 Å². The van der Waals surface area contributed by atoms with Crippen molar-refractivity contribution in [2.24, 2.45) is 11.1 Å². The van der Waals surface area contributed by atoms with Crippen LogP contribution in [-0.2, 0) is 14.3 Å². The van der Waals surface area contributed by atoms with E-state index in [-0.39, 0.29) is 18.4 Å². The molecule has 0 saturated carbocycles. The van der Waals surface area contributed by atoms with Gasteiger partial charge in [0.2, 0.25) is 5.91 Å². The molecule has 2 unspecified atom stereocenters. The Bertz CT molecular complexity index is 282. The molecule has 0 aromatic heterocycles. The van der Waals surface area contributed by atoms with E-state index in [1.807, 2.05) is 0 Å². The van der Waals surface area contributed by atoms with Crippen LogP contribution in [0.4, 0.5) is 0 Å². The standard InChI is InChI=1S/C10H18N2O4/c1-10(6-16-5-7(10)11)9(15)12-4-2-3-8(13)14/h7H,2-6,11H2,1H3,(H,12,15)(H,13,14). The van der Waals surface area contributed by atoms with Gasteiger partial charge in [0.15, 0.2) is 0 Å². The summed E-state index contributed by atoms with van der Waals surface area (Å²) in [4.78, 5) is 22.1. The Morgan fingerprint density at radius 1 is 1.62 bits per heavy atom. The van der Waals surface area contributed by atoms with E-state index in [0.29, 0.717) is 26.2 Å². The van der Waals surface area contributed by atoms with Crippen LogP contribution in [0.5, 0.6) is 0 Å². The second kappa shape index (κ2) is 5.27. The summed E-state index contributed by atoms with van der Waals surface area (Å²) >= 11 is 0. The fraction of sp³-hybridized carbons (Fsp3) is 0.800. The van der Waals surface area contributed by atoms with Crippen LogP contribution in [0.15, 0.2) is 0 Å². The second-order valence-corrected chi connectivity index (χ2v) is 4.29. The summed E-state index contributed by atoms with van der Waals surface area (Å²) < 4.78 is 5.16. The third-order valence-electron chi connectivity index (χ3n) is 2.89. The van der Waals surface area contributed by atoms with Gasteiger partial charge in [-0.05, 0) is 13.3 Å². The number of carbonyl (C=O) groups is 2. The molecule has 92 valence electrons. The first-order chi connectivity index (χ1) is 7.47. The molecule has 1 rings (SSSR count). The first-order valence-electron chi connectivity index (χ1n) is 5.30. The van der Waals surface area contributed by atoms with Crippen LogP contribution in [0, 0.1) is 5.41 Å². The van der Waals surface area contributed by atoms with Gasteiger partial charge in [-0.25, -0.2) is 0 Å². The molecule has 1 aliphatic rings. The molecule has 1 fully saturated rings. The van der Waals surface area contributed by atoms with Crippen molar-refractivity contribution < 1.29 is 19.4 Å². The number of hydrogen-bond donors (Lipinski definition) is 3. The lowest BCUT2D eigenvalue weighted by atomic mass is 9.85. The molecule has 0 aliphatic carbocycles. The van der Waals surface area contributed by atoms with Gasteiger partial charge in [0, 0.05) is 19.0 Å². The highest BCUT2D eigenvalue weighted by Gasteiger charge is 2.44. The topological polar surface area (TPSA) is 102 Å². The van der Waals surface area contributed by atoms with E-state index in [0.717, 1.165) is 0 Å². The fourth-order valence-electron chi connectivity index (χ4n) is 1.57. The molecule has 1 aliphatic heterocycles. The predicted molar refractivity (Wildman–Crippen MR) is 56.8 cm³/mol. The summed E-state index contributed by atoms with van der Waals surface area (Å²) in [5, 5.41) is 11.1. The average molecular weight is 230 g/mol. The van der Waals surface area contributed by atoms with Gasteiger partial charge in [0.1, 0.15) is 0 Å². The minimum absolute atomic E-state index is 0.0551. The molecule has 0 bridgehead atoms. The Hall–Kier alpha value is -1.14. The summed E-state index contributed by atoms with van der Waals surface area (Å²) in [6.07, 6.45) is 0.479. The molecule has 1 saturated heterocycles. The molecule has 6 nitrogen and oxygen atoms in total. The van der Waals surface area contributed by atoms with E-state index in [2.05, 4.69) is 5.32 Å². The normalized spacial score (nSPS) is 29.0. The lowest BCUT2D eigenvalue weighted by Gasteiger charge is -2.25. The predicted octanol–water partition coefficient (Wildman–Crippen LogP) is -0.669. The van der Waals surface area contributed by atoms with Crippen LogP contribution < -0.4 is 11.1 Å². The number of hydrogen-bond acceptors (Lipinski definition) is 4. The maximum atomic E-state index is 11.8. The van der Waals surface area contributed by atoms with Crippen LogP contribution in [0.2, 0.25) is 0 Å². The van der Waals surface area contributed by atoms with Gasteiger partial charge in [0.25, 0.3) is 0 Å². The summed E-state index contributed by atoms with van der Waals surface area (Å²) in [5.74, 6) is -1.02. The molecule has 0 radical (unpaired) electrons. The molecule has 0 spiro atoms. The van der Waals surface area contributed by atoms with Crippen LogP contribution in [0.3, 0.4) is 0 Å². The summed E-state index contributed by atoms with van der Waals surface area (Å²) in [6.45, 7) is 2.82. The minimum Gasteiger partial charge on any atom is -0.481 e. The van der Waals surface area contributed by atoms with Crippen LogP contribution in [-0.4, -0.2) is 42.8 Å². The highest BCUT2D eigenvalue weighted by atomic mass is 16.5. The lowest BCUT2D eigenvalue weighted by Crippen LogP contribution is -2.50. The summed E-state index contributed by atoms with van der Waals surface area (Å²) in [7, 11) is 0. The molecule has 1 heterocycles. The van der Waals surface area contributed by atoms with E-state index in [9.17, 15) is 9.59 Å². The van der Waals surface area contributed by atoms with Crippen molar-refractivity contribution in [1.82, 2.24) is 5.32 Å². The average Bonchev–Trinajstić information content (AvgIpc) is 2.55.